The number of hydrogen-bond acceptors (Lipinski definition) is 2. The van der Waals surface area contributed by atoms with E-state index in [4.69, 9.17) is 23.2 Å². The molecule has 0 saturated heterocycles. The van der Waals surface area contributed by atoms with E-state index in [9.17, 15) is 9.59 Å². The summed E-state index contributed by atoms with van der Waals surface area (Å²) in [5.74, 6) is 0.552. The first-order valence-corrected chi connectivity index (χ1v) is 8.71. The van der Waals surface area contributed by atoms with Crippen molar-refractivity contribution in [2.45, 2.75) is 46.2 Å². The Morgan fingerprint density at radius 3 is 2.43 bits per heavy atom. The SMILES string of the molecule is CB(C)[C@@H](CC(=O)CNC(=O)c1cc(Cl)ccc1Cl)CC(C)C. The molecular weight excluding hydrogens is 332 g/mol. The smallest absolute Gasteiger partial charge is 0.253 e. The van der Waals surface area contributed by atoms with Crippen molar-refractivity contribution < 1.29 is 9.59 Å². The molecule has 1 rings (SSSR count). The zero-order valence-electron chi connectivity index (χ0n) is 14.2. The molecule has 0 aromatic heterocycles. The Bertz CT molecular complexity index is 562. The number of amides is 1. The summed E-state index contributed by atoms with van der Waals surface area (Å²) in [5.41, 5.74) is 0.287. The molecule has 0 unspecified atom stereocenters. The molecule has 0 fully saturated rings. The van der Waals surface area contributed by atoms with Gasteiger partial charge in [-0.1, -0.05) is 62.9 Å². The Morgan fingerprint density at radius 2 is 1.87 bits per heavy atom. The number of rotatable bonds is 8. The summed E-state index contributed by atoms with van der Waals surface area (Å²) in [4.78, 5) is 24.3. The molecule has 1 aromatic rings. The second-order valence-corrected chi connectivity index (χ2v) is 7.53. The van der Waals surface area contributed by atoms with Crippen LogP contribution < -0.4 is 5.32 Å². The fourth-order valence-electron chi connectivity index (χ4n) is 2.51. The third-order valence-corrected chi connectivity index (χ3v) is 4.39. The lowest BCUT2D eigenvalue weighted by molar-refractivity contribution is -0.118. The van der Waals surface area contributed by atoms with Crippen LogP contribution in [0.15, 0.2) is 18.2 Å². The minimum Gasteiger partial charge on any atom is -0.345 e. The van der Waals surface area contributed by atoms with Crippen LogP contribution in [0.4, 0.5) is 0 Å². The highest BCUT2D eigenvalue weighted by Crippen LogP contribution is 2.25. The van der Waals surface area contributed by atoms with E-state index < -0.39 is 0 Å². The molecule has 1 atom stereocenters. The highest BCUT2D eigenvalue weighted by molar-refractivity contribution is 6.57. The second-order valence-electron chi connectivity index (χ2n) is 6.68. The lowest BCUT2D eigenvalue weighted by Gasteiger charge is -2.20. The van der Waals surface area contributed by atoms with Crippen LogP contribution in [-0.4, -0.2) is 24.9 Å². The third-order valence-electron chi connectivity index (χ3n) is 3.83. The van der Waals surface area contributed by atoms with Crippen LogP contribution in [0.3, 0.4) is 0 Å². The van der Waals surface area contributed by atoms with Gasteiger partial charge in [0.1, 0.15) is 6.71 Å². The first kappa shape index (κ1) is 20.1. The molecule has 1 aromatic carbocycles. The van der Waals surface area contributed by atoms with Crippen molar-refractivity contribution in [3.05, 3.63) is 33.8 Å². The molecule has 0 spiro atoms. The van der Waals surface area contributed by atoms with Gasteiger partial charge in [-0.3, -0.25) is 9.59 Å². The van der Waals surface area contributed by atoms with Gasteiger partial charge < -0.3 is 5.32 Å². The summed E-state index contributed by atoms with van der Waals surface area (Å²) < 4.78 is 0. The monoisotopic (exact) mass is 355 g/mol. The fourth-order valence-corrected chi connectivity index (χ4v) is 2.88. The molecular formula is C17H24BCl2NO2. The van der Waals surface area contributed by atoms with E-state index in [-0.39, 0.29) is 23.8 Å². The van der Waals surface area contributed by atoms with Gasteiger partial charge in [-0.25, -0.2) is 0 Å². The zero-order valence-corrected chi connectivity index (χ0v) is 15.7. The molecule has 0 aliphatic heterocycles. The maximum Gasteiger partial charge on any atom is 0.253 e. The summed E-state index contributed by atoms with van der Waals surface area (Å²) in [7, 11) is 0. The van der Waals surface area contributed by atoms with Gasteiger partial charge in [0.05, 0.1) is 17.1 Å². The van der Waals surface area contributed by atoms with E-state index in [2.05, 4.69) is 32.8 Å². The van der Waals surface area contributed by atoms with Crippen molar-refractivity contribution in [3.8, 4) is 0 Å². The van der Waals surface area contributed by atoms with Crippen molar-refractivity contribution in [1.82, 2.24) is 5.32 Å². The Morgan fingerprint density at radius 1 is 1.22 bits per heavy atom. The minimum absolute atomic E-state index is 0.0169. The molecule has 6 heteroatoms. The van der Waals surface area contributed by atoms with Crippen molar-refractivity contribution >= 4 is 41.6 Å². The van der Waals surface area contributed by atoms with E-state index in [0.717, 1.165) is 6.42 Å². The van der Waals surface area contributed by atoms with Gasteiger partial charge in [0.15, 0.2) is 5.78 Å². The van der Waals surface area contributed by atoms with Crippen LogP contribution in [0.1, 0.15) is 37.0 Å². The van der Waals surface area contributed by atoms with E-state index in [1.165, 1.54) is 6.07 Å². The lowest BCUT2D eigenvalue weighted by Crippen LogP contribution is -2.31. The maximum absolute atomic E-state index is 12.2. The van der Waals surface area contributed by atoms with Gasteiger partial charge in [-0.05, 0) is 24.1 Å². The molecule has 23 heavy (non-hydrogen) atoms. The van der Waals surface area contributed by atoms with E-state index >= 15 is 0 Å². The largest absolute Gasteiger partial charge is 0.345 e. The van der Waals surface area contributed by atoms with Gasteiger partial charge in [0, 0.05) is 11.4 Å². The number of carbonyl (C=O) groups excluding carboxylic acids is 2. The molecule has 0 saturated carbocycles. The van der Waals surface area contributed by atoms with E-state index in [1.54, 1.807) is 12.1 Å². The Balaban J connectivity index is 2.58. The lowest BCUT2D eigenvalue weighted by atomic mass is 9.42. The highest BCUT2D eigenvalue weighted by Gasteiger charge is 2.21. The Kier molecular flexibility index (Phi) is 8.14. The predicted molar refractivity (Wildman–Crippen MR) is 99.1 cm³/mol. The number of halogens is 2. The van der Waals surface area contributed by atoms with Crippen LogP contribution in [0.5, 0.6) is 0 Å². The van der Waals surface area contributed by atoms with Crippen LogP contribution in [-0.2, 0) is 4.79 Å². The van der Waals surface area contributed by atoms with E-state index in [1.807, 2.05) is 0 Å². The minimum atomic E-state index is -0.379. The number of hydrogen-bond donors (Lipinski definition) is 1. The van der Waals surface area contributed by atoms with Gasteiger partial charge in [0.25, 0.3) is 5.91 Å². The number of Topliss-reactive ketones (excluding diaryl/α,β-unsaturated/α-hetero) is 1. The maximum atomic E-state index is 12.2. The standard InChI is InChI=1S/C17H24BCl2NO2/c1-11(2)7-12(18(3)4)8-14(22)10-21-17(23)15-9-13(19)5-6-16(15)20/h5-6,9,11-12H,7-8,10H2,1-4H3,(H,21,23)/t12-/m1/s1. The molecule has 126 valence electrons. The van der Waals surface area contributed by atoms with Crippen molar-refractivity contribution in [2.24, 2.45) is 5.92 Å². The summed E-state index contributed by atoms with van der Waals surface area (Å²) >= 11 is 11.9. The molecule has 1 amide bonds. The van der Waals surface area contributed by atoms with Crippen LogP contribution >= 0.6 is 23.2 Å². The Hall–Kier alpha value is -0.995. The first-order valence-electron chi connectivity index (χ1n) is 7.95. The molecule has 0 radical (unpaired) electrons. The predicted octanol–water partition coefficient (Wildman–Crippen LogP) is 4.85. The molecule has 0 bridgehead atoms. The first-order chi connectivity index (χ1) is 10.7. The quantitative estimate of drug-likeness (QED) is 0.677. The summed E-state index contributed by atoms with van der Waals surface area (Å²) in [6.45, 7) is 9.03. The van der Waals surface area contributed by atoms with E-state index in [0.29, 0.717) is 34.9 Å². The Labute approximate surface area is 149 Å². The van der Waals surface area contributed by atoms with Gasteiger partial charge >= 0.3 is 0 Å². The average Bonchev–Trinajstić information content (AvgIpc) is 2.46. The van der Waals surface area contributed by atoms with Crippen molar-refractivity contribution in [3.63, 3.8) is 0 Å². The number of benzene rings is 1. The molecule has 3 nitrogen and oxygen atoms in total. The van der Waals surface area contributed by atoms with Gasteiger partial charge in [-0.2, -0.15) is 0 Å². The second kappa shape index (κ2) is 9.34. The normalized spacial score (nSPS) is 12.1. The third kappa shape index (κ3) is 6.96. The number of nitrogens with one attached hydrogen (secondary N) is 1. The average molecular weight is 356 g/mol. The molecule has 0 aliphatic rings. The van der Waals surface area contributed by atoms with Crippen molar-refractivity contribution in [1.29, 1.82) is 0 Å². The van der Waals surface area contributed by atoms with Gasteiger partial charge in [-0.15, -0.1) is 0 Å². The van der Waals surface area contributed by atoms with Gasteiger partial charge in [0.2, 0.25) is 0 Å². The molecule has 0 heterocycles. The topological polar surface area (TPSA) is 46.2 Å². The molecule has 0 aliphatic carbocycles. The molecule has 1 N–H and O–H groups in total. The number of carbonyl (C=O) groups is 2. The highest BCUT2D eigenvalue weighted by atomic mass is 35.5. The van der Waals surface area contributed by atoms with Crippen molar-refractivity contribution in [2.75, 3.05) is 6.54 Å². The van der Waals surface area contributed by atoms with Crippen LogP contribution in [0, 0.1) is 5.92 Å². The van der Waals surface area contributed by atoms with Crippen LogP contribution in [0.2, 0.25) is 29.5 Å². The summed E-state index contributed by atoms with van der Waals surface area (Å²) in [6, 6.07) is 4.68. The number of ketones is 1. The van der Waals surface area contributed by atoms with Crippen LogP contribution in [0.25, 0.3) is 0 Å². The fraction of sp³-hybridized carbons (Fsp3) is 0.529. The zero-order chi connectivity index (χ0) is 17.6. The summed E-state index contributed by atoms with van der Waals surface area (Å²) in [5, 5.41) is 3.38. The summed E-state index contributed by atoms with van der Waals surface area (Å²) in [6.07, 6.45) is 1.50.